The van der Waals surface area contributed by atoms with Crippen LogP contribution in [0.3, 0.4) is 0 Å². The molecule has 0 saturated heterocycles. The van der Waals surface area contributed by atoms with Gasteiger partial charge in [-0.2, -0.15) is 0 Å². The Labute approximate surface area is 120 Å². The van der Waals surface area contributed by atoms with Crippen molar-refractivity contribution in [3.63, 3.8) is 0 Å². The number of carbonyl (C=O) groups is 2. The second-order valence-electron chi connectivity index (χ2n) is 4.04. The molecule has 0 saturated carbocycles. The van der Waals surface area contributed by atoms with Crippen LogP contribution in [0.2, 0.25) is 5.02 Å². The highest BCUT2D eigenvalue weighted by atomic mass is 35.5. The monoisotopic (exact) mass is 299 g/mol. The van der Waals surface area contributed by atoms with E-state index < -0.39 is 10.8 Å². The van der Waals surface area contributed by atoms with Crippen LogP contribution in [0, 0.1) is 10.1 Å². The third-order valence-corrected chi connectivity index (χ3v) is 2.81. The van der Waals surface area contributed by atoms with Crippen molar-refractivity contribution < 1.29 is 14.5 Å². The van der Waals surface area contributed by atoms with Gasteiger partial charge in [0, 0.05) is 25.7 Å². The highest BCUT2D eigenvalue weighted by Crippen LogP contribution is 2.23. The molecule has 0 heterocycles. The van der Waals surface area contributed by atoms with Crippen molar-refractivity contribution in [2.24, 2.45) is 0 Å². The average molecular weight is 300 g/mol. The molecule has 8 heteroatoms. The lowest BCUT2D eigenvalue weighted by Gasteiger charge is -2.17. The van der Waals surface area contributed by atoms with Crippen LogP contribution < -0.4 is 5.32 Å². The molecule has 1 aromatic carbocycles. The molecule has 1 aromatic rings. The van der Waals surface area contributed by atoms with E-state index in [1.165, 1.54) is 24.1 Å². The summed E-state index contributed by atoms with van der Waals surface area (Å²) >= 11 is 5.86. The quantitative estimate of drug-likeness (QED) is 0.658. The number of nitrogens with zero attached hydrogens (tertiary/aromatic N) is 2. The van der Waals surface area contributed by atoms with Crippen molar-refractivity contribution in [1.82, 2.24) is 10.2 Å². The molecule has 0 aliphatic heterocycles. The number of carbonyl (C=O) groups excluding carboxylic acids is 2. The zero-order valence-corrected chi connectivity index (χ0v) is 11.8. The lowest BCUT2D eigenvalue weighted by Crippen LogP contribution is -2.38. The van der Waals surface area contributed by atoms with Crippen LogP contribution in [0.4, 0.5) is 5.69 Å². The summed E-state index contributed by atoms with van der Waals surface area (Å²) in [5, 5.41) is 13.1. The van der Waals surface area contributed by atoms with Gasteiger partial charge in [0.1, 0.15) is 0 Å². The maximum atomic E-state index is 12.1. The van der Waals surface area contributed by atoms with Gasteiger partial charge in [-0.05, 0) is 13.0 Å². The number of hydrogen-bond donors (Lipinski definition) is 1. The third kappa shape index (κ3) is 3.92. The fraction of sp³-hybridized carbons (Fsp3) is 0.333. The Balaban J connectivity index is 2.86. The van der Waals surface area contributed by atoms with E-state index in [1.807, 2.05) is 0 Å². The fourth-order valence-electron chi connectivity index (χ4n) is 1.54. The van der Waals surface area contributed by atoms with Crippen molar-refractivity contribution >= 4 is 29.1 Å². The van der Waals surface area contributed by atoms with Gasteiger partial charge in [0.2, 0.25) is 5.91 Å². The van der Waals surface area contributed by atoms with Crippen LogP contribution in [0.1, 0.15) is 17.3 Å². The van der Waals surface area contributed by atoms with Gasteiger partial charge in [-0.25, -0.2) is 0 Å². The predicted molar refractivity (Wildman–Crippen MR) is 73.8 cm³/mol. The van der Waals surface area contributed by atoms with E-state index >= 15 is 0 Å². The van der Waals surface area contributed by atoms with E-state index in [-0.39, 0.29) is 28.7 Å². The van der Waals surface area contributed by atoms with E-state index in [4.69, 9.17) is 11.6 Å². The minimum atomic E-state index is -0.599. The van der Waals surface area contributed by atoms with Gasteiger partial charge in [0.05, 0.1) is 22.1 Å². The van der Waals surface area contributed by atoms with E-state index in [2.05, 4.69) is 5.32 Å². The third-order valence-electron chi connectivity index (χ3n) is 2.50. The molecule has 1 rings (SSSR count). The van der Waals surface area contributed by atoms with Crippen molar-refractivity contribution in [2.45, 2.75) is 6.92 Å². The minimum Gasteiger partial charge on any atom is -0.355 e. The molecule has 1 N–H and O–H groups in total. The first-order valence-corrected chi connectivity index (χ1v) is 6.20. The molecule has 0 aliphatic rings. The number of amides is 2. The molecule has 0 atom stereocenters. The second kappa shape index (κ2) is 6.85. The van der Waals surface area contributed by atoms with Crippen molar-refractivity contribution in [3.05, 3.63) is 38.9 Å². The molecule has 0 unspecified atom stereocenters. The number of benzene rings is 1. The second-order valence-corrected chi connectivity index (χ2v) is 4.44. The van der Waals surface area contributed by atoms with Crippen LogP contribution in [0.5, 0.6) is 0 Å². The number of non-ortho nitro benzene ring substituents is 1. The van der Waals surface area contributed by atoms with Gasteiger partial charge in [0.15, 0.2) is 0 Å². The Hall–Kier alpha value is -2.15. The number of likely N-dealkylation sites (N-methyl/N-ethyl adjacent to an activating group) is 2. The Morgan fingerprint density at radius 2 is 2.10 bits per heavy atom. The summed E-state index contributed by atoms with van der Waals surface area (Å²) < 4.78 is 0. The number of hydrogen-bond acceptors (Lipinski definition) is 4. The van der Waals surface area contributed by atoms with E-state index in [0.717, 1.165) is 6.07 Å². The Morgan fingerprint density at radius 1 is 1.45 bits per heavy atom. The van der Waals surface area contributed by atoms with Crippen LogP contribution >= 0.6 is 11.6 Å². The molecule has 0 aromatic heterocycles. The highest BCUT2D eigenvalue weighted by molar-refractivity contribution is 6.34. The number of nitro benzene ring substituents is 1. The molecule has 7 nitrogen and oxygen atoms in total. The molecular formula is C12H14ClN3O4. The fourth-order valence-corrected chi connectivity index (χ4v) is 1.79. The largest absolute Gasteiger partial charge is 0.355 e. The zero-order valence-electron chi connectivity index (χ0n) is 11.1. The highest BCUT2D eigenvalue weighted by Gasteiger charge is 2.19. The molecule has 0 radical (unpaired) electrons. The molecule has 0 bridgehead atoms. The summed E-state index contributed by atoms with van der Waals surface area (Å²) in [5.74, 6) is -0.766. The van der Waals surface area contributed by atoms with Crippen LogP contribution in [0.15, 0.2) is 18.2 Å². The topological polar surface area (TPSA) is 92.6 Å². The maximum absolute atomic E-state index is 12.1. The number of rotatable bonds is 5. The van der Waals surface area contributed by atoms with E-state index in [0.29, 0.717) is 6.54 Å². The lowest BCUT2D eigenvalue weighted by molar-refractivity contribution is -0.384. The SMILES string of the molecule is CCNC(=O)CN(C)C(=O)c1ccc([N+](=O)[O-])cc1Cl. The molecular weight excluding hydrogens is 286 g/mol. The van der Waals surface area contributed by atoms with E-state index in [9.17, 15) is 19.7 Å². The van der Waals surface area contributed by atoms with Gasteiger partial charge in [-0.15, -0.1) is 0 Å². The Bertz CT molecular complexity index is 548. The van der Waals surface area contributed by atoms with Gasteiger partial charge in [-0.3, -0.25) is 19.7 Å². The summed E-state index contributed by atoms with van der Waals surface area (Å²) in [5.41, 5.74) is -0.0815. The number of nitro groups is 1. The molecule has 108 valence electrons. The Kier molecular flexibility index (Phi) is 5.45. The first kappa shape index (κ1) is 15.9. The smallest absolute Gasteiger partial charge is 0.270 e. The lowest BCUT2D eigenvalue weighted by atomic mass is 10.2. The van der Waals surface area contributed by atoms with Crippen LogP contribution in [0.25, 0.3) is 0 Å². The summed E-state index contributed by atoms with van der Waals surface area (Å²) in [6.45, 7) is 2.13. The predicted octanol–water partition coefficient (Wildman–Crippen LogP) is 1.46. The average Bonchev–Trinajstić information content (AvgIpc) is 2.37. The van der Waals surface area contributed by atoms with Crippen molar-refractivity contribution in [3.8, 4) is 0 Å². The van der Waals surface area contributed by atoms with Crippen molar-refractivity contribution in [2.75, 3.05) is 20.1 Å². The summed E-state index contributed by atoms with van der Waals surface area (Å²) in [6, 6.07) is 3.57. The number of halogens is 1. The van der Waals surface area contributed by atoms with Crippen molar-refractivity contribution in [1.29, 1.82) is 0 Å². The standard InChI is InChI=1S/C12H14ClN3O4/c1-3-14-11(17)7-15(2)12(18)9-5-4-8(16(19)20)6-10(9)13/h4-6H,3,7H2,1-2H3,(H,14,17). The molecule has 0 spiro atoms. The summed E-state index contributed by atoms with van der Waals surface area (Å²) in [7, 11) is 1.45. The minimum absolute atomic E-state index is 0.0213. The first-order valence-electron chi connectivity index (χ1n) is 5.83. The molecule has 0 fully saturated rings. The maximum Gasteiger partial charge on any atom is 0.270 e. The first-order chi connectivity index (χ1) is 9.36. The van der Waals surface area contributed by atoms with Gasteiger partial charge in [-0.1, -0.05) is 11.6 Å². The van der Waals surface area contributed by atoms with Gasteiger partial charge < -0.3 is 10.2 Å². The molecule has 2 amide bonds. The zero-order chi connectivity index (χ0) is 15.3. The summed E-state index contributed by atoms with van der Waals surface area (Å²) in [4.78, 5) is 34.6. The Morgan fingerprint density at radius 3 is 2.60 bits per heavy atom. The van der Waals surface area contributed by atoms with Crippen LogP contribution in [-0.2, 0) is 4.79 Å². The van der Waals surface area contributed by atoms with Crippen LogP contribution in [-0.4, -0.2) is 41.8 Å². The van der Waals surface area contributed by atoms with E-state index in [1.54, 1.807) is 6.92 Å². The normalized spacial score (nSPS) is 9.95. The summed E-state index contributed by atoms with van der Waals surface area (Å²) in [6.07, 6.45) is 0. The van der Waals surface area contributed by atoms with Gasteiger partial charge in [0.25, 0.3) is 11.6 Å². The molecule has 0 aliphatic carbocycles. The number of nitrogens with one attached hydrogen (secondary N) is 1. The molecule has 20 heavy (non-hydrogen) atoms. The van der Waals surface area contributed by atoms with Gasteiger partial charge >= 0.3 is 0 Å².